The Bertz CT molecular complexity index is 369. The van der Waals surface area contributed by atoms with Gasteiger partial charge in [0, 0.05) is 12.7 Å². The monoisotopic (exact) mass is 218 g/mol. The van der Waals surface area contributed by atoms with Crippen molar-refractivity contribution in [1.29, 1.82) is 5.41 Å². The van der Waals surface area contributed by atoms with Gasteiger partial charge in [0.05, 0.1) is 0 Å². The number of hydrogen-bond donors (Lipinski definition) is 2. The number of likely N-dealkylation sites (tertiary alicyclic amines) is 1. The van der Waals surface area contributed by atoms with Crippen LogP contribution in [0.4, 0.5) is 0 Å². The number of hydrogen-bond acceptors (Lipinski definition) is 3. The minimum absolute atomic E-state index is 0.0626. The van der Waals surface area contributed by atoms with Crippen molar-refractivity contribution < 1.29 is 0 Å². The second kappa shape index (κ2) is 5.07. The van der Waals surface area contributed by atoms with Gasteiger partial charge in [0.1, 0.15) is 11.5 Å². The zero-order valence-corrected chi connectivity index (χ0v) is 9.45. The maximum Gasteiger partial charge on any atom is 0.142 e. The van der Waals surface area contributed by atoms with Crippen LogP contribution in [0.3, 0.4) is 0 Å². The van der Waals surface area contributed by atoms with Crippen molar-refractivity contribution in [2.24, 2.45) is 5.73 Å². The first-order chi connectivity index (χ1) is 7.77. The number of nitrogens with one attached hydrogen (secondary N) is 1. The topological polar surface area (TPSA) is 66.0 Å². The predicted octanol–water partition coefficient (Wildman–Crippen LogP) is 1.35. The molecule has 0 atom stereocenters. The molecule has 1 aromatic rings. The third-order valence-electron chi connectivity index (χ3n) is 2.99. The fourth-order valence-corrected chi connectivity index (χ4v) is 2.17. The number of nitrogens with two attached hydrogens (primary N) is 1. The third kappa shape index (κ3) is 2.58. The van der Waals surface area contributed by atoms with Crippen molar-refractivity contribution in [3.8, 4) is 0 Å². The summed E-state index contributed by atoms with van der Waals surface area (Å²) >= 11 is 0. The molecule has 0 unspecified atom stereocenters. The fraction of sp³-hybridized carbons (Fsp3) is 0.500. The second-order valence-electron chi connectivity index (χ2n) is 4.26. The Balaban J connectivity index is 2.10. The summed E-state index contributed by atoms with van der Waals surface area (Å²) in [5.74, 6) is 0.0626. The van der Waals surface area contributed by atoms with Crippen LogP contribution in [0.1, 0.15) is 30.5 Å². The standard InChI is InChI=1S/C12H18N4/c13-12(14)11-10(5-4-6-15-11)9-16-7-2-1-3-8-16/h4-6H,1-3,7-9H2,(H3,13,14). The molecule has 0 radical (unpaired) electrons. The summed E-state index contributed by atoms with van der Waals surface area (Å²) in [6, 6.07) is 3.92. The number of pyridine rings is 1. The molecule has 0 amide bonds. The van der Waals surface area contributed by atoms with Gasteiger partial charge in [0.2, 0.25) is 0 Å². The average Bonchev–Trinajstić information content (AvgIpc) is 2.31. The molecule has 0 bridgehead atoms. The maximum atomic E-state index is 7.49. The Labute approximate surface area is 96.0 Å². The average molecular weight is 218 g/mol. The Hall–Kier alpha value is -1.42. The lowest BCUT2D eigenvalue weighted by Gasteiger charge is -2.26. The van der Waals surface area contributed by atoms with Gasteiger partial charge in [-0.1, -0.05) is 12.5 Å². The summed E-state index contributed by atoms with van der Waals surface area (Å²) < 4.78 is 0. The molecule has 0 aromatic carbocycles. The van der Waals surface area contributed by atoms with Gasteiger partial charge in [0.25, 0.3) is 0 Å². The minimum Gasteiger partial charge on any atom is -0.382 e. The van der Waals surface area contributed by atoms with Crippen LogP contribution in [-0.2, 0) is 6.54 Å². The molecule has 1 aliphatic rings. The predicted molar refractivity (Wildman–Crippen MR) is 64.4 cm³/mol. The lowest BCUT2D eigenvalue weighted by atomic mass is 10.1. The highest BCUT2D eigenvalue weighted by Gasteiger charge is 2.13. The number of piperidine rings is 1. The van der Waals surface area contributed by atoms with Crippen molar-refractivity contribution in [1.82, 2.24) is 9.88 Å². The molecule has 4 nitrogen and oxygen atoms in total. The minimum atomic E-state index is 0.0626. The summed E-state index contributed by atoms with van der Waals surface area (Å²) in [4.78, 5) is 6.58. The number of aromatic nitrogens is 1. The van der Waals surface area contributed by atoms with Crippen LogP contribution < -0.4 is 5.73 Å². The van der Waals surface area contributed by atoms with E-state index < -0.39 is 0 Å². The quantitative estimate of drug-likeness (QED) is 0.594. The van der Waals surface area contributed by atoms with Gasteiger partial charge in [-0.2, -0.15) is 0 Å². The number of nitrogen functional groups attached to an aromatic ring is 1. The molecule has 1 saturated heterocycles. The zero-order valence-electron chi connectivity index (χ0n) is 9.45. The normalized spacial score (nSPS) is 17.2. The first-order valence-corrected chi connectivity index (χ1v) is 5.78. The van der Waals surface area contributed by atoms with E-state index in [0.717, 1.165) is 25.2 Å². The third-order valence-corrected chi connectivity index (χ3v) is 2.99. The van der Waals surface area contributed by atoms with Crippen LogP contribution in [0.5, 0.6) is 0 Å². The number of nitrogens with zero attached hydrogens (tertiary/aromatic N) is 2. The van der Waals surface area contributed by atoms with E-state index in [1.54, 1.807) is 6.20 Å². The molecule has 86 valence electrons. The van der Waals surface area contributed by atoms with E-state index in [1.165, 1.54) is 19.3 Å². The lowest BCUT2D eigenvalue weighted by molar-refractivity contribution is 0.220. The summed E-state index contributed by atoms with van der Waals surface area (Å²) in [5, 5.41) is 7.49. The molecule has 0 spiro atoms. The summed E-state index contributed by atoms with van der Waals surface area (Å²) in [5.41, 5.74) is 7.22. The summed E-state index contributed by atoms with van der Waals surface area (Å²) in [7, 11) is 0. The SMILES string of the molecule is N=C(N)c1ncccc1CN1CCCCC1. The molecular weight excluding hydrogens is 200 g/mol. The Morgan fingerprint density at radius 2 is 2.12 bits per heavy atom. The van der Waals surface area contributed by atoms with Crippen LogP contribution in [0.2, 0.25) is 0 Å². The highest BCUT2D eigenvalue weighted by Crippen LogP contribution is 2.14. The molecular formula is C12H18N4. The molecule has 0 saturated carbocycles. The van der Waals surface area contributed by atoms with Crippen LogP contribution in [0, 0.1) is 5.41 Å². The van der Waals surface area contributed by atoms with Crippen molar-refractivity contribution in [2.75, 3.05) is 13.1 Å². The van der Waals surface area contributed by atoms with Gasteiger partial charge in [-0.15, -0.1) is 0 Å². The molecule has 1 aromatic heterocycles. The highest BCUT2D eigenvalue weighted by atomic mass is 15.1. The first-order valence-electron chi connectivity index (χ1n) is 5.78. The molecule has 1 aliphatic heterocycles. The van der Waals surface area contributed by atoms with Crippen LogP contribution in [0.25, 0.3) is 0 Å². The number of amidine groups is 1. The Morgan fingerprint density at radius 3 is 2.81 bits per heavy atom. The van der Waals surface area contributed by atoms with Gasteiger partial charge < -0.3 is 5.73 Å². The smallest absolute Gasteiger partial charge is 0.142 e. The van der Waals surface area contributed by atoms with E-state index in [-0.39, 0.29) is 5.84 Å². The van der Waals surface area contributed by atoms with Gasteiger partial charge in [-0.25, -0.2) is 0 Å². The largest absolute Gasteiger partial charge is 0.382 e. The summed E-state index contributed by atoms with van der Waals surface area (Å²) in [6.45, 7) is 3.15. The fourth-order valence-electron chi connectivity index (χ4n) is 2.17. The maximum absolute atomic E-state index is 7.49. The van der Waals surface area contributed by atoms with Crippen molar-refractivity contribution >= 4 is 5.84 Å². The van der Waals surface area contributed by atoms with E-state index in [9.17, 15) is 0 Å². The number of rotatable bonds is 3. The molecule has 3 N–H and O–H groups in total. The van der Waals surface area contributed by atoms with E-state index in [0.29, 0.717) is 5.69 Å². The van der Waals surface area contributed by atoms with Crippen molar-refractivity contribution in [3.63, 3.8) is 0 Å². The van der Waals surface area contributed by atoms with Gasteiger partial charge in [-0.3, -0.25) is 15.3 Å². The van der Waals surface area contributed by atoms with Crippen molar-refractivity contribution in [2.45, 2.75) is 25.8 Å². The molecule has 2 heterocycles. The lowest BCUT2D eigenvalue weighted by Crippen LogP contribution is -2.30. The molecule has 2 rings (SSSR count). The van der Waals surface area contributed by atoms with Crippen LogP contribution in [-0.4, -0.2) is 28.8 Å². The van der Waals surface area contributed by atoms with Crippen LogP contribution >= 0.6 is 0 Å². The van der Waals surface area contributed by atoms with Crippen LogP contribution in [0.15, 0.2) is 18.3 Å². The van der Waals surface area contributed by atoms with Crippen molar-refractivity contribution in [3.05, 3.63) is 29.6 Å². The molecule has 16 heavy (non-hydrogen) atoms. The van der Waals surface area contributed by atoms with Gasteiger partial charge >= 0.3 is 0 Å². The summed E-state index contributed by atoms with van der Waals surface area (Å²) in [6.07, 6.45) is 5.57. The Kier molecular flexibility index (Phi) is 3.51. The molecule has 0 aliphatic carbocycles. The molecule has 1 fully saturated rings. The Morgan fingerprint density at radius 1 is 1.38 bits per heavy atom. The molecule has 4 heteroatoms. The highest BCUT2D eigenvalue weighted by molar-refractivity contribution is 5.94. The first kappa shape index (κ1) is 11.1. The van der Waals surface area contributed by atoms with E-state index >= 15 is 0 Å². The second-order valence-corrected chi connectivity index (χ2v) is 4.26. The van der Waals surface area contributed by atoms with Gasteiger partial charge in [0.15, 0.2) is 0 Å². The van der Waals surface area contributed by atoms with Gasteiger partial charge in [-0.05, 0) is 37.6 Å². The zero-order chi connectivity index (χ0) is 11.4. The van der Waals surface area contributed by atoms with E-state index in [1.807, 2.05) is 12.1 Å². The van der Waals surface area contributed by atoms with E-state index in [4.69, 9.17) is 11.1 Å². The van der Waals surface area contributed by atoms with E-state index in [2.05, 4.69) is 9.88 Å².